The summed E-state index contributed by atoms with van der Waals surface area (Å²) >= 11 is 3.27. The molecule has 0 unspecified atom stereocenters. The van der Waals surface area contributed by atoms with Crippen molar-refractivity contribution in [3.05, 3.63) is 32.7 Å². The Balaban J connectivity index is 3.25. The minimum absolute atomic E-state index is 0.0940. The molecule has 0 aliphatic heterocycles. The zero-order valence-electron chi connectivity index (χ0n) is 6.54. The molecule has 12 heavy (non-hydrogen) atoms. The van der Waals surface area contributed by atoms with Gasteiger partial charge in [0.15, 0.2) is 0 Å². The van der Waals surface area contributed by atoms with Gasteiger partial charge >= 0.3 is 0 Å². The molecule has 1 rings (SSSR count). The van der Waals surface area contributed by atoms with Crippen molar-refractivity contribution >= 4 is 15.9 Å². The molecule has 0 aliphatic carbocycles. The topological polar surface area (TPSA) is 45.8 Å². The van der Waals surface area contributed by atoms with Crippen LogP contribution in [0.5, 0.6) is 0 Å². The summed E-state index contributed by atoms with van der Waals surface area (Å²) < 4.78 is 2.26. The number of pyridine rings is 1. The van der Waals surface area contributed by atoms with E-state index < -0.39 is 0 Å². The van der Waals surface area contributed by atoms with Crippen LogP contribution in [-0.4, -0.2) is 4.57 Å². The Kier molecular flexibility index (Phi) is 2.66. The van der Waals surface area contributed by atoms with Crippen LogP contribution in [0, 0.1) is 11.3 Å². The second kappa shape index (κ2) is 3.55. The van der Waals surface area contributed by atoms with Gasteiger partial charge in [0.25, 0.3) is 5.56 Å². The highest BCUT2D eigenvalue weighted by atomic mass is 79.9. The SMILES string of the molecule is Cn1cc(Br)c(CC#N)cc1=O. The van der Waals surface area contributed by atoms with E-state index in [1.165, 1.54) is 10.6 Å². The van der Waals surface area contributed by atoms with Crippen molar-refractivity contribution in [1.29, 1.82) is 5.26 Å². The Morgan fingerprint density at radius 1 is 1.75 bits per heavy atom. The van der Waals surface area contributed by atoms with Gasteiger partial charge in [0, 0.05) is 23.8 Å². The second-order valence-corrected chi connectivity index (χ2v) is 3.28. The fourth-order valence-corrected chi connectivity index (χ4v) is 1.42. The van der Waals surface area contributed by atoms with Crippen LogP contribution in [0.25, 0.3) is 0 Å². The lowest BCUT2D eigenvalue weighted by Gasteiger charge is -2.01. The Labute approximate surface area is 78.4 Å². The molecular formula is C8H7BrN2O. The quantitative estimate of drug-likeness (QED) is 0.723. The fourth-order valence-electron chi connectivity index (χ4n) is 0.857. The predicted octanol–water partition coefficient (Wildman–Crippen LogP) is 1.21. The third-order valence-corrected chi connectivity index (χ3v) is 2.24. The van der Waals surface area contributed by atoms with Gasteiger partial charge in [0.1, 0.15) is 0 Å². The number of nitriles is 1. The molecule has 1 aromatic heterocycles. The maximum atomic E-state index is 11.1. The van der Waals surface area contributed by atoms with E-state index in [4.69, 9.17) is 5.26 Å². The maximum absolute atomic E-state index is 11.1. The molecule has 0 amide bonds. The summed E-state index contributed by atoms with van der Waals surface area (Å²) in [6, 6.07) is 3.46. The summed E-state index contributed by atoms with van der Waals surface area (Å²) in [7, 11) is 1.67. The first-order chi connectivity index (χ1) is 5.65. The minimum atomic E-state index is -0.0940. The van der Waals surface area contributed by atoms with Gasteiger partial charge in [-0.05, 0) is 21.5 Å². The van der Waals surface area contributed by atoms with Crippen molar-refractivity contribution in [1.82, 2.24) is 4.57 Å². The summed E-state index contributed by atoms with van der Waals surface area (Å²) in [4.78, 5) is 11.1. The van der Waals surface area contributed by atoms with Crippen LogP contribution >= 0.6 is 15.9 Å². The molecule has 62 valence electrons. The van der Waals surface area contributed by atoms with Crippen LogP contribution in [0.1, 0.15) is 5.56 Å². The molecule has 0 radical (unpaired) electrons. The fraction of sp³-hybridized carbons (Fsp3) is 0.250. The van der Waals surface area contributed by atoms with E-state index in [1.54, 1.807) is 13.2 Å². The average molecular weight is 227 g/mol. The van der Waals surface area contributed by atoms with E-state index in [-0.39, 0.29) is 12.0 Å². The molecule has 0 N–H and O–H groups in total. The van der Waals surface area contributed by atoms with E-state index in [9.17, 15) is 4.79 Å². The largest absolute Gasteiger partial charge is 0.317 e. The van der Waals surface area contributed by atoms with Gasteiger partial charge in [-0.2, -0.15) is 5.26 Å². The summed E-state index contributed by atoms with van der Waals surface area (Å²) in [6.45, 7) is 0. The van der Waals surface area contributed by atoms with Crippen molar-refractivity contribution in [3.8, 4) is 6.07 Å². The van der Waals surface area contributed by atoms with Crippen molar-refractivity contribution in [2.45, 2.75) is 6.42 Å². The first-order valence-electron chi connectivity index (χ1n) is 3.37. The zero-order chi connectivity index (χ0) is 9.14. The number of aryl methyl sites for hydroxylation is 1. The number of nitrogens with zero attached hydrogens (tertiary/aromatic N) is 2. The number of hydrogen-bond donors (Lipinski definition) is 0. The van der Waals surface area contributed by atoms with E-state index in [0.29, 0.717) is 0 Å². The van der Waals surface area contributed by atoms with Gasteiger partial charge in [-0.25, -0.2) is 0 Å². The van der Waals surface area contributed by atoms with Crippen LogP contribution in [0.3, 0.4) is 0 Å². The third kappa shape index (κ3) is 1.74. The van der Waals surface area contributed by atoms with Gasteiger partial charge in [0.05, 0.1) is 12.5 Å². The van der Waals surface area contributed by atoms with Crippen LogP contribution in [-0.2, 0) is 13.5 Å². The highest BCUT2D eigenvalue weighted by Gasteiger charge is 2.01. The molecule has 0 bridgehead atoms. The first kappa shape index (κ1) is 9.01. The first-order valence-corrected chi connectivity index (χ1v) is 4.16. The monoisotopic (exact) mass is 226 g/mol. The molecule has 0 aromatic carbocycles. The number of aromatic nitrogens is 1. The Morgan fingerprint density at radius 2 is 2.42 bits per heavy atom. The van der Waals surface area contributed by atoms with Gasteiger partial charge < -0.3 is 4.57 Å². The molecule has 1 heterocycles. The van der Waals surface area contributed by atoms with Gasteiger partial charge in [-0.1, -0.05) is 0 Å². The smallest absolute Gasteiger partial charge is 0.250 e. The van der Waals surface area contributed by atoms with E-state index >= 15 is 0 Å². The minimum Gasteiger partial charge on any atom is -0.317 e. The Bertz CT molecular complexity index is 389. The standard InChI is InChI=1S/C8H7BrN2O/c1-11-5-7(9)6(2-3-10)4-8(11)12/h4-5H,2H2,1H3. The number of halogens is 1. The molecule has 4 heteroatoms. The summed E-state index contributed by atoms with van der Waals surface area (Å²) in [5, 5.41) is 8.42. The molecule has 0 saturated carbocycles. The lowest BCUT2D eigenvalue weighted by atomic mass is 10.2. The molecule has 0 aliphatic rings. The summed E-state index contributed by atoms with van der Waals surface area (Å²) in [5.74, 6) is 0. The lowest BCUT2D eigenvalue weighted by molar-refractivity contribution is 0.848. The molecular weight excluding hydrogens is 220 g/mol. The van der Waals surface area contributed by atoms with Crippen LogP contribution in [0.15, 0.2) is 21.5 Å². The lowest BCUT2D eigenvalue weighted by Crippen LogP contribution is -2.15. The molecule has 0 atom stereocenters. The number of rotatable bonds is 1. The van der Waals surface area contributed by atoms with E-state index in [1.807, 2.05) is 6.07 Å². The molecule has 1 aromatic rings. The Hall–Kier alpha value is -1.08. The Morgan fingerprint density at radius 3 is 3.00 bits per heavy atom. The van der Waals surface area contributed by atoms with Crippen molar-refractivity contribution in [2.24, 2.45) is 7.05 Å². The van der Waals surface area contributed by atoms with E-state index in [0.717, 1.165) is 10.0 Å². The molecule has 0 spiro atoms. The molecule has 0 fully saturated rings. The van der Waals surface area contributed by atoms with E-state index in [2.05, 4.69) is 15.9 Å². The highest BCUT2D eigenvalue weighted by Crippen LogP contribution is 2.13. The third-order valence-electron chi connectivity index (χ3n) is 1.53. The molecule has 3 nitrogen and oxygen atoms in total. The van der Waals surface area contributed by atoms with Crippen LogP contribution < -0.4 is 5.56 Å². The van der Waals surface area contributed by atoms with Crippen molar-refractivity contribution < 1.29 is 0 Å². The summed E-state index contributed by atoms with van der Waals surface area (Å²) in [5.41, 5.74) is 0.643. The maximum Gasteiger partial charge on any atom is 0.250 e. The van der Waals surface area contributed by atoms with Gasteiger partial charge in [0.2, 0.25) is 0 Å². The normalized spacial score (nSPS) is 9.42. The number of hydrogen-bond acceptors (Lipinski definition) is 2. The molecule has 0 saturated heterocycles. The predicted molar refractivity (Wildman–Crippen MR) is 48.7 cm³/mol. The van der Waals surface area contributed by atoms with Crippen LogP contribution in [0.4, 0.5) is 0 Å². The zero-order valence-corrected chi connectivity index (χ0v) is 8.13. The van der Waals surface area contributed by atoms with Crippen molar-refractivity contribution in [2.75, 3.05) is 0 Å². The highest BCUT2D eigenvalue weighted by molar-refractivity contribution is 9.10. The van der Waals surface area contributed by atoms with Crippen molar-refractivity contribution in [3.63, 3.8) is 0 Å². The van der Waals surface area contributed by atoms with Gasteiger partial charge in [-0.3, -0.25) is 4.79 Å². The van der Waals surface area contributed by atoms with Crippen LogP contribution in [0.2, 0.25) is 0 Å². The average Bonchev–Trinajstić information content (AvgIpc) is 2.01. The summed E-state index contributed by atoms with van der Waals surface area (Å²) in [6.07, 6.45) is 1.92. The van der Waals surface area contributed by atoms with Gasteiger partial charge in [-0.15, -0.1) is 0 Å². The second-order valence-electron chi connectivity index (χ2n) is 2.43.